The van der Waals surface area contributed by atoms with E-state index in [0.717, 1.165) is 11.1 Å². The van der Waals surface area contributed by atoms with E-state index in [2.05, 4.69) is 10.3 Å². The normalized spacial score (nSPS) is 10.5. The van der Waals surface area contributed by atoms with Crippen molar-refractivity contribution in [3.8, 4) is 5.75 Å². The van der Waals surface area contributed by atoms with Crippen LogP contribution in [0.2, 0.25) is 0 Å². The first kappa shape index (κ1) is 24.1. The second-order valence-electron chi connectivity index (χ2n) is 7.66. The van der Waals surface area contributed by atoms with E-state index in [-0.39, 0.29) is 36.9 Å². The smallest absolute Gasteiger partial charge is 0.342 e. The van der Waals surface area contributed by atoms with Crippen LogP contribution >= 0.6 is 11.3 Å². The molecule has 1 N–H and O–H groups in total. The van der Waals surface area contributed by atoms with Crippen molar-refractivity contribution in [2.45, 2.75) is 26.2 Å². The minimum atomic E-state index is -0.546. The van der Waals surface area contributed by atoms with E-state index in [1.165, 1.54) is 23.5 Å². The van der Waals surface area contributed by atoms with Gasteiger partial charge in [0.2, 0.25) is 5.91 Å². The topological polar surface area (TPSA) is 77.5 Å². The number of para-hydroxylation sites is 1. The standard InChI is InChI=1S/C27H23FN2O4S/c28-21-12-10-20(11-13-21)16-33-24-9-5-4-8-23(24)27(32)34-17-22-18-35-26(30-22)14-25(31)29-15-19-6-2-1-3-7-19/h1-13,18H,14-17H2,(H,29,31). The number of thiazole rings is 1. The predicted molar refractivity (Wildman–Crippen MR) is 130 cm³/mol. The highest BCUT2D eigenvalue weighted by Gasteiger charge is 2.15. The zero-order valence-corrected chi connectivity index (χ0v) is 19.6. The van der Waals surface area contributed by atoms with Crippen LogP contribution in [0.15, 0.2) is 84.2 Å². The second kappa shape index (κ2) is 11.9. The maximum absolute atomic E-state index is 13.1. The molecule has 1 aromatic heterocycles. The van der Waals surface area contributed by atoms with Gasteiger partial charge in [0.25, 0.3) is 0 Å². The summed E-state index contributed by atoms with van der Waals surface area (Å²) < 4.78 is 24.3. The summed E-state index contributed by atoms with van der Waals surface area (Å²) >= 11 is 1.34. The van der Waals surface area contributed by atoms with Crippen LogP contribution in [0.1, 0.15) is 32.2 Å². The quantitative estimate of drug-likeness (QED) is 0.314. The molecule has 3 aromatic carbocycles. The molecule has 0 aliphatic heterocycles. The lowest BCUT2D eigenvalue weighted by atomic mass is 10.2. The molecular weight excluding hydrogens is 467 g/mol. The Bertz CT molecular complexity index is 1280. The van der Waals surface area contributed by atoms with E-state index in [4.69, 9.17) is 9.47 Å². The average molecular weight is 491 g/mol. The number of amides is 1. The number of hydrogen-bond acceptors (Lipinski definition) is 6. The molecule has 0 radical (unpaired) electrons. The maximum Gasteiger partial charge on any atom is 0.342 e. The van der Waals surface area contributed by atoms with E-state index in [1.54, 1.807) is 41.8 Å². The molecule has 4 aromatic rings. The summed E-state index contributed by atoms with van der Waals surface area (Å²) in [5.41, 5.74) is 2.65. The fourth-order valence-electron chi connectivity index (χ4n) is 3.21. The van der Waals surface area contributed by atoms with Gasteiger partial charge in [-0.15, -0.1) is 11.3 Å². The Morgan fingerprint density at radius 3 is 2.43 bits per heavy atom. The molecule has 178 valence electrons. The minimum absolute atomic E-state index is 0.0206. The van der Waals surface area contributed by atoms with Gasteiger partial charge in [-0.05, 0) is 35.4 Å². The number of carbonyl (C=O) groups is 2. The largest absolute Gasteiger partial charge is 0.488 e. The SMILES string of the molecule is O=C(Cc1nc(COC(=O)c2ccccc2OCc2ccc(F)cc2)cs1)NCc1ccccc1. The Hall–Kier alpha value is -4.04. The van der Waals surface area contributed by atoms with E-state index in [9.17, 15) is 14.0 Å². The van der Waals surface area contributed by atoms with Crippen LogP contribution in [0.4, 0.5) is 4.39 Å². The van der Waals surface area contributed by atoms with Gasteiger partial charge in [-0.2, -0.15) is 0 Å². The third-order valence-corrected chi connectivity index (χ3v) is 5.91. The van der Waals surface area contributed by atoms with Crippen molar-refractivity contribution >= 4 is 23.2 Å². The molecular formula is C27H23FN2O4S. The van der Waals surface area contributed by atoms with Crippen LogP contribution in [-0.4, -0.2) is 16.9 Å². The van der Waals surface area contributed by atoms with Crippen LogP contribution in [0.25, 0.3) is 0 Å². The molecule has 0 spiro atoms. The number of nitrogens with zero attached hydrogens (tertiary/aromatic N) is 1. The molecule has 0 fully saturated rings. The first-order chi connectivity index (χ1) is 17.1. The Morgan fingerprint density at radius 1 is 0.886 bits per heavy atom. The zero-order chi connectivity index (χ0) is 24.5. The van der Waals surface area contributed by atoms with Gasteiger partial charge in [0.05, 0.1) is 12.1 Å². The summed E-state index contributed by atoms with van der Waals surface area (Å²) in [6, 6.07) is 22.4. The Labute approximate surface area is 206 Å². The lowest BCUT2D eigenvalue weighted by molar-refractivity contribution is -0.120. The van der Waals surface area contributed by atoms with Crippen molar-refractivity contribution < 1.29 is 23.5 Å². The van der Waals surface area contributed by atoms with Gasteiger partial charge in [0.1, 0.15) is 35.4 Å². The Balaban J connectivity index is 1.27. The number of halogens is 1. The second-order valence-corrected chi connectivity index (χ2v) is 8.60. The number of esters is 1. The third-order valence-electron chi connectivity index (χ3n) is 5.01. The molecule has 0 aliphatic carbocycles. The van der Waals surface area contributed by atoms with Crippen LogP contribution in [0.3, 0.4) is 0 Å². The van der Waals surface area contributed by atoms with Crippen LogP contribution < -0.4 is 10.1 Å². The van der Waals surface area contributed by atoms with Crippen LogP contribution in [-0.2, 0) is 35.7 Å². The van der Waals surface area contributed by atoms with Gasteiger partial charge in [0.15, 0.2) is 0 Å². The van der Waals surface area contributed by atoms with Crippen molar-refractivity contribution in [1.82, 2.24) is 10.3 Å². The molecule has 0 atom stereocenters. The van der Waals surface area contributed by atoms with Gasteiger partial charge in [0, 0.05) is 11.9 Å². The van der Waals surface area contributed by atoms with Gasteiger partial charge < -0.3 is 14.8 Å². The number of ether oxygens (including phenoxy) is 2. The van der Waals surface area contributed by atoms with Crippen molar-refractivity contribution in [3.05, 3.63) is 117 Å². The maximum atomic E-state index is 13.1. The molecule has 0 unspecified atom stereocenters. The number of hydrogen-bond donors (Lipinski definition) is 1. The van der Waals surface area contributed by atoms with Gasteiger partial charge in [-0.1, -0.05) is 54.6 Å². The first-order valence-corrected chi connectivity index (χ1v) is 11.8. The number of nitrogens with one attached hydrogen (secondary N) is 1. The highest BCUT2D eigenvalue weighted by atomic mass is 32.1. The average Bonchev–Trinajstić information content (AvgIpc) is 3.33. The number of benzene rings is 3. The number of carbonyl (C=O) groups excluding carboxylic acids is 2. The Kier molecular flexibility index (Phi) is 8.19. The molecule has 1 heterocycles. The van der Waals surface area contributed by atoms with E-state index in [0.29, 0.717) is 23.0 Å². The highest BCUT2D eigenvalue weighted by molar-refractivity contribution is 7.09. The van der Waals surface area contributed by atoms with Gasteiger partial charge in [-0.3, -0.25) is 4.79 Å². The van der Waals surface area contributed by atoms with Crippen molar-refractivity contribution in [2.75, 3.05) is 0 Å². The van der Waals surface area contributed by atoms with Crippen molar-refractivity contribution in [2.24, 2.45) is 0 Å². The lowest BCUT2D eigenvalue weighted by Gasteiger charge is -2.11. The molecule has 6 nitrogen and oxygen atoms in total. The fraction of sp³-hybridized carbons (Fsp3) is 0.148. The van der Waals surface area contributed by atoms with Crippen LogP contribution in [0, 0.1) is 5.82 Å². The molecule has 8 heteroatoms. The first-order valence-electron chi connectivity index (χ1n) is 10.9. The van der Waals surface area contributed by atoms with Crippen molar-refractivity contribution in [3.63, 3.8) is 0 Å². The summed E-state index contributed by atoms with van der Waals surface area (Å²) in [5.74, 6) is -0.625. The summed E-state index contributed by atoms with van der Waals surface area (Å²) in [7, 11) is 0. The molecule has 35 heavy (non-hydrogen) atoms. The van der Waals surface area contributed by atoms with Gasteiger partial charge in [-0.25, -0.2) is 14.2 Å². The predicted octanol–water partition coefficient (Wildman–Crippen LogP) is 5.08. The van der Waals surface area contributed by atoms with Gasteiger partial charge >= 0.3 is 5.97 Å². The fourth-order valence-corrected chi connectivity index (χ4v) is 3.99. The minimum Gasteiger partial charge on any atom is -0.488 e. The summed E-state index contributed by atoms with van der Waals surface area (Å²) in [6.45, 7) is 0.623. The molecule has 0 aliphatic rings. The van der Waals surface area contributed by atoms with Crippen LogP contribution in [0.5, 0.6) is 5.75 Å². The number of aromatic nitrogens is 1. The lowest BCUT2D eigenvalue weighted by Crippen LogP contribution is -2.24. The van der Waals surface area contributed by atoms with E-state index in [1.807, 2.05) is 30.3 Å². The molecule has 4 rings (SSSR count). The van der Waals surface area contributed by atoms with E-state index >= 15 is 0 Å². The summed E-state index contributed by atoms with van der Waals surface area (Å²) in [6.07, 6.45) is 0.158. The monoisotopic (exact) mass is 490 g/mol. The Morgan fingerprint density at radius 2 is 1.63 bits per heavy atom. The molecule has 0 saturated carbocycles. The number of rotatable bonds is 10. The summed E-state index contributed by atoms with van der Waals surface area (Å²) in [5, 5.41) is 5.28. The van der Waals surface area contributed by atoms with E-state index < -0.39 is 5.97 Å². The third kappa shape index (κ3) is 7.22. The molecule has 0 bridgehead atoms. The molecule has 1 amide bonds. The summed E-state index contributed by atoms with van der Waals surface area (Å²) in [4.78, 5) is 29.3. The van der Waals surface area contributed by atoms with Crippen molar-refractivity contribution in [1.29, 1.82) is 0 Å². The zero-order valence-electron chi connectivity index (χ0n) is 18.8. The highest BCUT2D eigenvalue weighted by Crippen LogP contribution is 2.21. The molecule has 0 saturated heterocycles.